The molecule has 0 saturated heterocycles. The van der Waals surface area contributed by atoms with Crippen LogP contribution < -0.4 is 28.4 Å². The summed E-state index contributed by atoms with van der Waals surface area (Å²) in [5, 5.41) is 4.45. The van der Waals surface area contributed by atoms with E-state index in [-0.39, 0.29) is 33.4 Å². The Morgan fingerprint density at radius 3 is 0.342 bits per heavy atom. The number of carbonyl (C=O) groups is 6. The van der Waals surface area contributed by atoms with Crippen molar-refractivity contribution in [1.82, 2.24) is 0 Å². The largest absolute Gasteiger partial charge is 0.496 e. The second-order valence-electron chi connectivity index (χ2n) is 28.3. The van der Waals surface area contributed by atoms with Crippen molar-refractivity contribution in [3.05, 3.63) is 288 Å². The van der Waals surface area contributed by atoms with Crippen LogP contribution in [0.25, 0.3) is 166 Å². The lowest BCUT2D eigenvalue weighted by Gasteiger charge is -2.20. The molecule has 15 aromatic rings. The van der Waals surface area contributed by atoms with Crippen molar-refractivity contribution < 1.29 is 85.6 Å². The monoisotopic (exact) mass is 1590 g/mol. The van der Waals surface area contributed by atoms with Crippen molar-refractivity contribution in [3.8, 4) is 168 Å². The van der Waals surface area contributed by atoms with Gasteiger partial charge in [-0.1, -0.05) is 218 Å². The summed E-state index contributed by atoms with van der Waals surface area (Å²) in [6.07, 6.45) is 0. The van der Waals surface area contributed by atoms with Gasteiger partial charge in [0.25, 0.3) is 0 Å². The highest BCUT2D eigenvalue weighted by molar-refractivity contribution is 6.18. The van der Waals surface area contributed by atoms with Crippen LogP contribution in [0.1, 0.15) is 62.1 Å². The molecule has 28 aliphatic carbocycles. The van der Waals surface area contributed by atoms with E-state index in [1.807, 2.05) is 218 Å². The zero-order chi connectivity index (χ0) is 83.9. The number of rotatable bonds is 12. The summed E-state index contributed by atoms with van der Waals surface area (Å²) in [6, 6.07) is 79.7. The van der Waals surface area contributed by atoms with Crippen molar-refractivity contribution in [1.29, 1.82) is 0 Å². The Morgan fingerprint density at radius 2 is 0.242 bits per heavy atom. The third-order valence-electron chi connectivity index (χ3n) is 22.6. The van der Waals surface area contributed by atoms with Crippen LogP contribution in [-0.2, 0) is 28.4 Å². The van der Waals surface area contributed by atoms with Gasteiger partial charge in [0.2, 0.25) is 0 Å². The van der Waals surface area contributed by atoms with E-state index in [0.717, 1.165) is 99.1 Å². The van der Waals surface area contributed by atoms with Gasteiger partial charge in [-0.2, -0.15) is 0 Å². The maximum absolute atomic E-state index is 14.4. The molecule has 0 amide bonds. The predicted octanol–water partition coefficient (Wildman–Crippen LogP) is 22.2. The van der Waals surface area contributed by atoms with Gasteiger partial charge in [-0.15, -0.1) is 0 Å². The molecule has 0 aromatic heterocycles. The number of benzene rings is 15. The Labute approximate surface area is 691 Å². The summed E-state index contributed by atoms with van der Waals surface area (Å²) in [4.78, 5) is 86.3. The zero-order valence-corrected chi connectivity index (χ0v) is 67.6. The number of methoxy groups -OCH3 is 12. The van der Waals surface area contributed by atoms with E-state index in [4.69, 9.17) is 56.8 Å². The Bertz CT molecular complexity index is 5640. The number of esters is 6. The highest BCUT2D eigenvalue weighted by atomic mass is 16.5. The normalized spacial score (nSPS) is 11.2. The molecule has 0 atom stereocenters. The van der Waals surface area contributed by atoms with Crippen LogP contribution in [0.4, 0.5) is 0 Å². The maximum atomic E-state index is 14.4. The van der Waals surface area contributed by atoms with Crippen LogP contribution in [0.5, 0.6) is 34.5 Å². The standard InChI is InChI=1S/C102H78O18/c1-109-79-49-50-80(110-2)86-68-38-37-67(85(79)86)55-13-25-61(26-14-55)73-43-44-75(93(99(105)117-9)91(73)97(103)115-7)63-29-17-57(18-30-63)69-39-40-71(89-83(113-5)52-51-81(111-3)87(69)89)59-21-33-65(34-22-59)77-47-48-78(96(102(108)120-12)95(77)101(107)119-11)66-35-23-60(24-36-66)72-42-41-70(88-82(112-4)53-54-84(114-6)90(72)88)58-19-31-64(32-20-58)76-46-45-74(62-27-15-56(68)16-28-62)92(98(104)116-8)94(76)100(106)118-10/h13-54H,1-12H3. The molecule has 43 rings (SSSR count). The topological polar surface area (TPSA) is 213 Å². The lowest BCUT2D eigenvalue weighted by Crippen LogP contribution is -2.15. The molecule has 594 valence electrons. The van der Waals surface area contributed by atoms with Crippen molar-refractivity contribution >= 4 is 68.1 Å². The summed E-state index contributed by atoms with van der Waals surface area (Å²) in [7, 11) is 17.2. The number of hydrogen-bond acceptors (Lipinski definition) is 18. The SMILES string of the molecule is COC(=O)c1c2ccc(c1C(=O)OC)-c1ccc(cc1)-c1ccc(c3c(OC)ccc(OC)c13)-c1ccc(cc1)-c1ccc(c(C(=O)OC)c1C(=O)OC)-c1ccc(cc1)-c1ccc(c3c(OC)ccc(OC)c13)-c1ccc(cc1)-c1ccc(c(C(=O)OC)c1C(=O)OC)-c1ccc(cc1)-c1ccc(c3c(OC)ccc(OC)c13)-c1ccc-2cc1. The average molecular weight is 1590 g/mol. The van der Waals surface area contributed by atoms with E-state index in [0.29, 0.717) is 101 Å². The van der Waals surface area contributed by atoms with Crippen LogP contribution in [0.2, 0.25) is 0 Å². The Balaban J connectivity index is 0.882. The second kappa shape index (κ2) is 32.8. The van der Waals surface area contributed by atoms with E-state index in [1.165, 1.54) is 42.7 Å². The highest BCUT2D eigenvalue weighted by Gasteiger charge is 2.33. The van der Waals surface area contributed by atoms with Crippen molar-refractivity contribution in [2.24, 2.45) is 0 Å². The molecule has 0 N–H and O–H groups in total. The Kier molecular flexibility index (Phi) is 21.5. The molecule has 24 bridgehead atoms. The van der Waals surface area contributed by atoms with Crippen molar-refractivity contribution in [2.75, 3.05) is 85.3 Å². The Hall–Kier alpha value is -15.3. The summed E-state index contributed by atoms with van der Waals surface area (Å²) in [5.41, 5.74) is 15.6. The van der Waals surface area contributed by atoms with Crippen molar-refractivity contribution in [2.45, 2.75) is 0 Å². The van der Waals surface area contributed by atoms with E-state index < -0.39 is 35.8 Å². The average Bonchev–Trinajstić information content (AvgIpc) is 0.718. The van der Waals surface area contributed by atoms with Gasteiger partial charge in [0.1, 0.15) is 34.5 Å². The smallest absolute Gasteiger partial charge is 0.339 e. The summed E-state index contributed by atoms with van der Waals surface area (Å²) in [6.45, 7) is 0. The first-order chi connectivity index (χ1) is 58.5. The minimum Gasteiger partial charge on any atom is -0.496 e. The van der Waals surface area contributed by atoms with Gasteiger partial charge in [0, 0.05) is 32.3 Å². The molecular weight excluding hydrogens is 1510 g/mol. The predicted molar refractivity (Wildman–Crippen MR) is 465 cm³/mol. The molecule has 0 saturated carbocycles. The van der Waals surface area contributed by atoms with Gasteiger partial charge in [0.15, 0.2) is 0 Å². The third kappa shape index (κ3) is 13.4. The number of ether oxygens (including phenoxy) is 12. The third-order valence-corrected chi connectivity index (χ3v) is 22.6. The molecular formula is C102H78O18. The van der Waals surface area contributed by atoms with Crippen LogP contribution in [0.3, 0.4) is 0 Å². The molecule has 0 heterocycles. The minimum atomic E-state index is -0.758. The lowest BCUT2D eigenvalue weighted by molar-refractivity contribution is 0.0556. The molecule has 18 nitrogen and oxygen atoms in total. The molecule has 28 aliphatic rings. The van der Waals surface area contributed by atoms with Gasteiger partial charge in [-0.3, -0.25) is 0 Å². The second-order valence-corrected chi connectivity index (χ2v) is 28.3. The number of carbonyl (C=O) groups excluding carboxylic acids is 6. The van der Waals surface area contributed by atoms with Crippen molar-refractivity contribution in [3.63, 3.8) is 0 Å². The van der Waals surface area contributed by atoms with E-state index in [1.54, 1.807) is 79.1 Å². The maximum Gasteiger partial charge on any atom is 0.339 e. The van der Waals surface area contributed by atoms with Crippen LogP contribution in [0.15, 0.2) is 255 Å². The van der Waals surface area contributed by atoms with E-state index in [2.05, 4.69) is 0 Å². The molecule has 18 heteroatoms. The fraction of sp³-hybridized carbons (Fsp3) is 0.118. The first-order valence-corrected chi connectivity index (χ1v) is 38.2. The zero-order valence-electron chi connectivity index (χ0n) is 67.6. The molecule has 15 aromatic carbocycles. The van der Waals surface area contributed by atoms with E-state index >= 15 is 0 Å². The summed E-state index contributed by atoms with van der Waals surface area (Å²) >= 11 is 0. The fourth-order valence-corrected chi connectivity index (χ4v) is 16.9. The quantitative estimate of drug-likeness (QED) is 0.0821. The van der Waals surface area contributed by atoms with Crippen LogP contribution in [0, 0.1) is 0 Å². The van der Waals surface area contributed by atoms with E-state index in [9.17, 15) is 28.8 Å². The van der Waals surface area contributed by atoms with Gasteiger partial charge in [0.05, 0.1) is 119 Å². The fourth-order valence-electron chi connectivity index (χ4n) is 16.9. The van der Waals surface area contributed by atoms with Gasteiger partial charge >= 0.3 is 35.8 Å². The molecule has 120 heavy (non-hydrogen) atoms. The lowest BCUT2D eigenvalue weighted by atomic mass is 9.86. The highest BCUT2D eigenvalue weighted by Crippen LogP contribution is 2.51. The molecule has 0 spiro atoms. The molecule has 0 fully saturated rings. The Morgan fingerprint density at radius 1 is 0.142 bits per heavy atom. The minimum absolute atomic E-state index is 0.000360. The van der Waals surface area contributed by atoms with Crippen LogP contribution >= 0.6 is 0 Å². The first kappa shape index (κ1) is 78.6. The number of hydrogen-bond donors (Lipinski definition) is 0. The van der Waals surface area contributed by atoms with Gasteiger partial charge < -0.3 is 56.8 Å². The van der Waals surface area contributed by atoms with Gasteiger partial charge in [-0.25, -0.2) is 28.8 Å². The summed E-state index contributed by atoms with van der Waals surface area (Å²) < 4.78 is 69.8. The van der Waals surface area contributed by atoms with Gasteiger partial charge in [-0.05, 0) is 170 Å². The summed E-state index contributed by atoms with van der Waals surface area (Å²) in [5.74, 6) is -1.15. The molecule has 0 radical (unpaired) electrons. The first-order valence-electron chi connectivity index (χ1n) is 38.2. The molecule has 0 unspecified atom stereocenters. The molecule has 0 aliphatic heterocycles. The van der Waals surface area contributed by atoms with Crippen LogP contribution in [-0.4, -0.2) is 121 Å².